The van der Waals surface area contributed by atoms with Crippen molar-refractivity contribution in [2.75, 3.05) is 6.54 Å². The zero-order valence-electron chi connectivity index (χ0n) is 10.7. The van der Waals surface area contributed by atoms with E-state index < -0.39 is 0 Å². The Hall–Kier alpha value is -0.870. The fourth-order valence-electron chi connectivity index (χ4n) is 1.94. The molecule has 0 aromatic carbocycles. The van der Waals surface area contributed by atoms with E-state index in [1.807, 2.05) is 31.8 Å². The third kappa shape index (κ3) is 4.33. The van der Waals surface area contributed by atoms with Gasteiger partial charge in [-0.3, -0.25) is 4.68 Å². The molecule has 0 bridgehead atoms. The third-order valence-corrected chi connectivity index (χ3v) is 2.67. The fraction of sp³-hybridized carbons (Fsp3) is 0.750. The number of aryl methyl sites for hydroxylation is 2. The molecule has 4 heteroatoms. The largest absolute Gasteiger partial charge is 0.393 e. The van der Waals surface area contributed by atoms with E-state index in [1.165, 1.54) is 5.56 Å². The summed E-state index contributed by atoms with van der Waals surface area (Å²) >= 11 is 0. The van der Waals surface area contributed by atoms with Crippen molar-refractivity contribution in [1.82, 2.24) is 15.1 Å². The van der Waals surface area contributed by atoms with Crippen LogP contribution in [0.5, 0.6) is 0 Å². The Morgan fingerprint density at radius 1 is 1.50 bits per heavy atom. The molecular weight excluding hydrogens is 202 g/mol. The summed E-state index contributed by atoms with van der Waals surface area (Å²) in [6.45, 7) is 7.79. The van der Waals surface area contributed by atoms with Crippen LogP contribution in [-0.4, -0.2) is 27.5 Å². The van der Waals surface area contributed by atoms with Gasteiger partial charge in [-0.2, -0.15) is 5.10 Å². The second-order valence-corrected chi connectivity index (χ2v) is 4.73. The molecule has 92 valence electrons. The van der Waals surface area contributed by atoms with Crippen molar-refractivity contribution >= 4 is 0 Å². The van der Waals surface area contributed by atoms with Crippen molar-refractivity contribution in [2.45, 2.75) is 39.8 Å². The SMILES string of the molecule is Cc1nn(C)cc1CNCC(C)CC(C)O. The van der Waals surface area contributed by atoms with Crippen LogP contribution in [0.3, 0.4) is 0 Å². The Kier molecular flexibility index (Phi) is 4.96. The summed E-state index contributed by atoms with van der Waals surface area (Å²) < 4.78 is 1.84. The molecule has 0 spiro atoms. The first-order valence-corrected chi connectivity index (χ1v) is 5.87. The quantitative estimate of drug-likeness (QED) is 0.765. The molecule has 1 rings (SSSR count). The third-order valence-electron chi connectivity index (χ3n) is 2.67. The van der Waals surface area contributed by atoms with E-state index in [0.717, 1.165) is 25.2 Å². The molecule has 0 aliphatic rings. The Labute approximate surface area is 97.7 Å². The van der Waals surface area contributed by atoms with Crippen LogP contribution < -0.4 is 5.32 Å². The van der Waals surface area contributed by atoms with Crippen LogP contribution in [-0.2, 0) is 13.6 Å². The Morgan fingerprint density at radius 2 is 2.19 bits per heavy atom. The minimum absolute atomic E-state index is 0.211. The van der Waals surface area contributed by atoms with Gasteiger partial charge in [0.25, 0.3) is 0 Å². The van der Waals surface area contributed by atoms with E-state index in [2.05, 4.69) is 17.3 Å². The maximum Gasteiger partial charge on any atom is 0.0638 e. The predicted molar refractivity (Wildman–Crippen MR) is 65.1 cm³/mol. The minimum Gasteiger partial charge on any atom is -0.393 e. The average molecular weight is 225 g/mol. The van der Waals surface area contributed by atoms with Crippen LogP contribution in [0, 0.1) is 12.8 Å². The molecule has 2 unspecified atom stereocenters. The molecule has 0 amide bonds. The summed E-state index contributed by atoms with van der Waals surface area (Å²) in [6, 6.07) is 0. The van der Waals surface area contributed by atoms with E-state index in [9.17, 15) is 5.11 Å². The van der Waals surface area contributed by atoms with Crippen molar-refractivity contribution in [1.29, 1.82) is 0 Å². The molecule has 0 saturated heterocycles. The molecule has 2 N–H and O–H groups in total. The van der Waals surface area contributed by atoms with Gasteiger partial charge in [0.15, 0.2) is 0 Å². The summed E-state index contributed by atoms with van der Waals surface area (Å²) in [4.78, 5) is 0. The number of nitrogens with zero attached hydrogens (tertiary/aromatic N) is 2. The molecule has 0 fully saturated rings. The highest BCUT2D eigenvalue weighted by atomic mass is 16.3. The van der Waals surface area contributed by atoms with Gasteiger partial charge in [-0.05, 0) is 32.7 Å². The molecule has 1 aromatic rings. The summed E-state index contributed by atoms with van der Waals surface area (Å²) in [5, 5.41) is 16.9. The number of nitrogens with one attached hydrogen (secondary N) is 1. The summed E-state index contributed by atoms with van der Waals surface area (Å²) in [5.41, 5.74) is 2.32. The Bertz CT molecular complexity index is 320. The summed E-state index contributed by atoms with van der Waals surface area (Å²) in [7, 11) is 1.94. The Morgan fingerprint density at radius 3 is 2.69 bits per heavy atom. The molecule has 4 nitrogen and oxygen atoms in total. The normalized spacial score (nSPS) is 15.1. The average Bonchev–Trinajstić information content (AvgIpc) is 2.44. The van der Waals surface area contributed by atoms with Crippen LogP contribution >= 0.6 is 0 Å². The minimum atomic E-state index is -0.211. The van der Waals surface area contributed by atoms with Crippen molar-refractivity contribution in [3.8, 4) is 0 Å². The van der Waals surface area contributed by atoms with Gasteiger partial charge in [0.2, 0.25) is 0 Å². The number of hydrogen-bond acceptors (Lipinski definition) is 3. The fourth-order valence-corrected chi connectivity index (χ4v) is 1.94. The molecular formula is C12H23N3O. The van der Waals surface area contributed by atoms with Gasteiger partial charge in [0, 0.05) is 25.4 Å². The molecule has 1 aromatic heterocycles. The molecule has 2 atom stereocenters. The van der Waals surface area contributed by atoms with E-state index in [-0.39, 0.29) is 6.10 Å². The van der Waals surface area contributed by atoms with E-state index in [0.29, 0.717) is 5.92 Å². The maximum absolute atomic E-state index is 9.25. The first-order chi connectivity index (χ1) is 7.49. The molecule has 0 aliphatic carbocycles. The lowest BCUT2D eigenvalue weighted by molar-refractivity contribution is 0.163. The lowest BCUT2D eigenvalue weighted by Gasteiger charge is -2.13. The smallest absolute Gasteiger partial charge is 0.0638 e. The number of aliphatic hydroxyl groups is 1. The number of hydrogen-bond donors (Lipinski definition) is 2. The first kappa shape index (κ1) is 13.2. The van der Waals surface area contributed by atoms with Gasteiger partial charge in [-0.25, -0.2) is 0 Å². The zero-order valence-corrected chi connectivity index (χ0v) is 10.7. The van der Waals surface area contributed by atoms with Crippen LogP contribution in [0.4, 0.5) is 0 Å². The van der Waals surface area contributed by atoms with E-state index in [1.54, 1.807) is 0 Å². The first-order valence-electron chi connectivity index (χ1n) is 5.87. The van der Waals surface area contributed by atoms with Gasteiger partial charge in [-0.15, -0.1) is 0 Å². The second-order valence-electron chi connectivity index (χ2n) is 4.73. The highest BCUT2D eigenvalue weighted by Gasteiger charge is 2.07. The van der Waals surface area contributed by atoms with Crippen molar-refractivity contribution in [3.05, 3.63) is 17.5 Å². The number of rotatable bonds is 6. The molecule has 1 heterocycles. The van der Waals surface area contributed by atoms with Crippen molar-refractivity contribution in [2.24, 2.45) is 13.0 Å². The molecule has 0 saturated carbocycles. The molecule has 16 heavy (non-hydrogen) atoms. The predicted octanol–water partition coefficient (Wildman–Crippen LogP) is 1.23. The maximum atomic E-state index is 9.25. The van der Waals surface area contributed by atoms with Gasteiger partial charge in [0.1, 0.15) is 0 Å². The Balaban J connectivity index is 2.27. The lowest BCUT2D eigenvalue weighted by atomic mass is 10.0. The lowest BCUT2D eigenvalue weighted by Crippen LogP contribution is -2.23. The van der Waals surface area contributed by atoms with Crippen molar-refractivity contribution in [3.63, 3.8) is 0 Å². The van der Waals surface area contributed by atoms with E-state index in [4.69, 9.17) is 0 Å². The van der Waals surface area contributed by atoms with Crippen LogP contribution in [0.25, 0.3) is 0 Å². The van der Waals surface area contributed by atoms with Crippen LogP contribution in [0.2, 0.25) is 0 Å². The van der Waals surface area contributed by atoms with Gasteiger partial charge in [0.05, 0.1) is 11.8 Å². The highest BCUT2D eigenvalue weighted by Crippen LogP contribution is 2.06. The zero-order chi connectivity index (χ0) is 12.1. The summed E-state index contributed by atoms with van der Waals surface area (Å²) in [6.07, 6.45) is 2.68. The summed E-state index contributed by atoms with van der Waals surface area (Å²) in [5.74, 6) is 0.497. The van der Waals surface area contributed by atoms with Gasteiger partial charge >= 0.3 is 0 Å². The standard InChI is InChI=1S/C12H23N3O/c1-9(5-10(2)16)6-13-7-12-8-15(4)14-11(12)3/h8-10,13,16H,5-7H2,1-4H3. The van der Waals surface area contributed by atoms with Gasteiger partial charge < -0.3 is 10.4 Å². The topological polar surface area (TPSA) is 50.1 Å². The monoisotopic (exact) mass is 225 g/mol. The van der Waals surface area contributed by atoms with Crippen LogP contribution in [0.1, 0.15) is 31.5 Å². The van der Waals surface area contributed by atoms with Crippen LogP contribution in [0.15, 0.2) is 6.20 Å². The number of aliphatic hydroxyl groups excluding tert-OH is 1. The molecule has 0 radical (unpaired) electrons. The second kappa shape index (κ2) is 6.01. The van der Waals surface area contributed by atoms with E-state index >= 15 is 0 Å². The molecule has 0 aliphatic heterocycles. The highest BCUT2D eigenvalue weighted by molar-refractivity contribution is 5.14. The van der Waals surface area contributed by atoms with Gasteiger partial charge in [-0.1, -0.05) is 6.92 Å². The van der Waals surface area contributed by atoms with Crippen molar-refractivity contribution < 1.29 is 5.11 Å². The number of aromatic nitrogens is 2.